The highest BCUT2D eigenvalue weighted by Crippen LogP contribution is 2.22. The van der Waals surface area contributed by atoms with Crippen molar-refractivity contribution in [2.24, 2.45) is 0 Å². The zero-order valence-electron chi connectivity index (χ0n) is 18.4. The average Bonchev–Trinajstić information content (AvgIpc) is 3.30. The van der Waals surface area contributed by atoms with Gasteiger partial charge in [-0.25, -0.2) is 13.2 Å². The summed E-state index contributed by atoms with van der Waals surface area (Å²) in [5.74, 6) is -0.0951. The maximum absolute atomic E-state index is 12.3. The lowest BCUT2D eigenvalue weighted by molar-refractivity contribution is -0.133. The summed E-state index contributed by atoms with van der Waals surface area (Å²) >= 11 is 1.13. The van der Waals surface area contributed by atoms with Gasteiger partial charge in [-0.05, 0) is 67.3 Å². The minimum atomic E-state index is -3.62. The largest absolute Gasteiger partial charge is 0.426 e. The van der Waals surface area contributed by atoms with E-state index in [1.54, 1.807) is 67.0 Å². The van der Waals surface area contributed by atoms with Crippen molar-refractivity contribution in [3.8, 4) is 5.75 Å². The summed E-state index contributed by atoms with van der Waals surface area (Å²) in [6.45, 7) is 3.76. The number of nitrogens with one attached hydrogen (secondary N) is 2. The van der Waals surface area contributed by atoms with Crippen LogP contribution < -0.4 is 19.7 Å². The second-order valence-electron chi connectivity index (χ2n) is 7.54. The zero-order chi connectivity index (χ0) is 24.0. The van der Waals surface area contributed by atoms with Crippen LogP contribution in [0, 0.1) is 0 Å². The molecule has 2 aromatic carbocycles. The number of carbonyl (C=O) groups excluding carboxylic acids is 2. The number of esters is 1. The Morgan fingerprint density at radius 3 is 2.27 bits per heavy atom. The smallest absolute Gasteiger partial charge is 0.321 e. The molecule has 2 amide bonds. The van der Waals surface area contributed by atoms with Gasteiger partial charge in [0.1, 0.15) is 9.96 Å². The lowest BCUT2D eigenvalue weighted by atomic mass is 10.1. The number of carbonyl (C=O) groups is 2. The molecule has 0 atom stereocenters. The van der Waals surface area contributed by atoms with E-state index in [0.717, 1.165) is 11.3 Å². The van der Waals surface area contributed by atoms with Crippen LogP contribution >= 0.6 is 11.3 Å². The van der Waals surface area contributed by atoms with Crippen LogP contribution in [0.2, 0.25) is 0 Å². The Morgan fingerprint density at radius 1 is 1.03 bits per heavy atom. The van der Waals surface area contributed by atoms with Gasteiger partial charge in [-0.1, -0.05) is 18.2 Å². The van der Waals surface area contributed by atoms with Gasteiger partial charge in [-0.2, -0.15) is 0 Å². The van der Waals surface area contributed by atoms with Crippen molar-refractivity contribution in [2.45, 2.75) is 30.5 Å². The summed E-state index contributed by atoms with van der Waals surface area (Å²) in [5, 5.41) is 4.50. The highest BCUT2D eigenvalue weighted by molar-refractivity contribution is 7.94. The summed E-state index contributed by atoms with van der Waals surface area (Å²) in [7, 11) is -1.96. The Morgan fingerprint density at radius 2 is 1.70 bits per heavy atom. The molecule has 8 nitrogen and oxygen atoms in total. The normalized spacial score (nSPS) is 11.2. The molecular formula is C23H25N3O5S2. The van der Waals surface area contributed by atoms with Crippen LogP contribution in [0.25, 0.3) is 0 Å². The van der Waals surface area contributed by atoms with E-state index in [0.29, 0.717) is 22.7 Å². The van der Waals surface area contributed by atoms with E-state index < -0.39 is 16.0 Å². The van der Waals surface area contributed by atoms with E-state index in [4.69, 9.17) is 4.74 Å². The minimum Gasteiger partial charge on any atom is -0.426 e. The van der Waals surface area contributed by atoms with Crippen LogP contribution in [0.1, 0.15) is 19.4 Å². The van der Waals surface area contributed by atoms with Crippen LogP contribution in [0.4, 0.5) is 16.2 Å². The van der Waals surface area contributed by atoms with Gasteiger partial charge in [0, 0.05) is 24.5 Å². The first kappa shape index (κ1) is 24.3. The van der Waals surface area contributed by atoms with Crippen molar-refractivity contribution in [1.29, 1.82) is 0 Å². The number of hydrogen-bond donors (Lipinski definition) is 2. The third-order valence-electron chi connectivity index (χ3n) is 4.49. The fourth-order valence-corrected chi connectivity index (χ4v) is 4.90. The maximum Gasteiger partial charge on any atom is 0.321 e. The number of amides is 2. The summed E-state index contributed by atoms with van der Waals surface area (Å²) in [6.07, 6.45) is 0.0242. The molecule has 0 unspecified atom stereocenters. The predicted molar refractivity (Wildman–Crippen MR) is 129 cm³/mol. The summed E-state index contributed by atoms with van der Waals surface area (Å²) in [4.78, 5) is 25.8. The van der Waals surface area contributed by atoms with Gasteiger partial charge in [0.25, 0.3) is 10.0 Å². The van der Waals surface area contributed by atoms with E-state index in [1.807, 2.05) is 13.8 Å². The number of sulfonamides is 1. The maximum atomic E-state index is 12.3. The van der Waals surface area contributed by atoms with E-state index in [9.17, 15) is 18.0 Å². The summed E-state index contributed by atoms with van der Waals surface area (Å²) < 4.78 is 32.7. The molecule has 0 spiro atoms. The second-order valence-corrected chi connectivity index (χ2v) is 10.4. The van der Waals surface area contributed by atoms with Crippen LogP contribution in [0.5, 0.6) is 5.75 Å². The molecule has 0 aliphatic rings. The highest BCUT2D eigenvalue weighted by Gasteiger charge is 2.16. The molecule has 0 aliphatic carbocycles. The Labute approximate surface area is 197 Å². The molecule has 0 radical (unpaired) electrons. The molecule has 0 fully saturated rings. The Bertz CT molecular complexity index is 1190. The summed E-state index contributed by atoms with van der Waals surface area (Å²) in [6, 6.07) is 16.1. The lowest BCUT2D eigenvalue weighted by Crippen LogP contribution is -2.40. The molecular weight excluding hydrogens is 462 g/mol. The first-order valence-corrected chi connectivity index (χ1v) is 12.5. The standard InChI is InChI=1S/C23H25N3O5S2/c1-16(2)24-23(28)26(3)19-10-12-20(13-11-19)31-21(27)15-17-6-8-18(9-7-17)25-33(29,30)22-5-4-14-32-22/h4-14,16,25H,15H2,1-3H3,(H,24,28). The molecule has 33 heavy (non-hydrogen) atoms. The number of thiophene rings is 1. The summed E-state index contributed by atoms with van der Waals surface area (Å²) in [5.41, 5.74) is 1.75. The van der Waals surface area contributed by atoms with Crippen molar-refractivity contribution < 1.29 is 22.7 Å². The number of hydrogen-bond acceptors (Lipinski definition) is 6. The SMILES string of the molecule is CC(C)NC(=O)N(C)c1ccc(OC(=O)Cc2ccc(NS(=O)(=O)c3cccs3)cc2)cc1. The first-order chi connectivity index (χ1) is 15.6. The van der Waals surface area contributed by atoms with Crippen molar-refractivity contribution >= 4 is 44.7 Å². The molecule has 0 saturated carbocycles. The van der Waals surface area contributed by atoms with Gasteiger partial charge in [0.05, 0.1) is 6.42 Å². The number of anilines is 2. The predicted octanol–water partition coefficient (Wildman–Crippen LogP) is 4.25. The average molecular weight is 488 g/mol. The molecule has 1 aromatic heterocycles. The van der Waals surface area contributed by atoms with Gasteiger partial charge in [0.2, 0.25) is 0 Å². The molecule has 0 bridgehead atoms. The van der Waals surface area contributed by atoms with Gasteiger partial charge in [-0.15, -0.1) is 11.3 Å². The Hall–Kier alpha value is -3.37. The molecule has 1 heterocycles. The number of urea groups is 1. The minimum absolute atomic E-state index is 0.0235. The molecule has 0 saturated heterocycles. The number of benzene rings is 2. The van der Waals surface area contributed by atoms with E-state index in [1.165, 1.54) is 11.0 Å². The van der Waals surface area contributed by atoms with Crippen LogP contribution in [-0.4, -0.2) is 33.5 Å². The molecule has 2 N–H and O–H groups in total. The quantitative estimate of drug-likeness (QED) is 0.365. The topological polar surface area (TPSA) is 105 Å². The van der Waals surface area contributed by atoms with Crippen LogP contribution in [-0.2, 0) is 21.2 Å². The van der Waals surface area contributed by atoms with Gasteiger partial charge >= 0.3 is 12.0 Å². The van der Waals surface area contributed by atoms with Gasteiger partial charge in [0.15, 0.2) is 0 Å². The van der Waals surface area contributed by atoms with Crippen molar-refractivity contribution in [1.82, 2.24) is 5.32 Å². The Kier molecular flexibility index (Phi) is 7.72. The highest BCUT2D eigenvalue weighted by atomic mass is 32.2. The van der Waals surface area contributed by atoms with Crippen molar-refractivity contribution in [2.75, 3.05) is 16.7 Å². The van der Waals surface area contributed by atoms with Crippen LogP contribution in [0.3, 0.4) is 0 Å². The van der Waals surface area contributed by atoms with E-state index in [-0.39, 0.29) is 22.7 Å². The third kappa shape index (κ3) is 6.80. The lowest BCUT2D eigenvalue weighted by Gasteiger charge is -2.20. The molecule has 10 heteroatoms. The monoisotopic (exact) mass is 487 g/mol. The van der Waals surface area contributed by atoms with Crippen molar-refractivity contribution in [3.63, 3.8) is 0 Å². The van der Waals surface area contributed by atoms with Crippen LogP contribution in [0.15, 0.2) is 70.3 Å². The van der Waals surface area contributed by atoms with Gasteiger partial charge in [-0.3, -0.25) is 14.4 Å². The fraction of sp³-hybridized carbons (Fsp3) is 0.217. The zero-order valence-corrected chi connectivity index (χ0v) is 20.1. The molecule has 0 aliphatic heterocycles. The number of nitrogens with zero attached hydrogens (tertiary/aromatic N) is 1. The number of ether oxygens (including phenoxy) is 1. The fourth-order valence-electron chi connectivity index (χ4n) is 2.85. The first-order valence-electron chi connectivity index (χ1n) is 10.1. The van der Waals surface area contributed by atoms with Crippen molar-refractivity contribution in [3.05, 3.63) is 71.6 Å². The second kappa shape index (κ2) is 10.5. The van der Waals surface area contributed by atoms with Gasteiger partial charge < -0.3 is 10.1 Å². The third-order valence-corrected chi connectivity index (χ3v) is 7.27. The molecule has 3 rings (SSSR count). The molecule has 174 valence electrons. The number of rotatable bonds is 8. The van der Waals surface area contributed by atoms with E-state index in [2.05, 4.69) is 10.0 Å². The Balaban J connectivity index is 1.55. The van der Waals surface area contributed by atoms with E-state index >= 15 is 0 Å². The molecule has 3 aromatic rings.